The van der Waals surface area contributed by atoms with Gasteiger partial charge < -0.3 is 5.32 Å². The van der Waals surface area contributed by atoms with Gasteiger partial charge in [0.1, 0.15) is 0 Å². The zero-order valence-electron chi connectivity index (χ0n) is 8.43. The second-order valence-corrected chi connectivity index (χ2v) is 4.67. The van der Waals surface area contributed by atoms with Crippen LogP contribution >= 0.6 is 0 Å². The van der Waals surface area contributed by atoms with E-state index in [-0.39, 0.29) is 0 Å². The molecule has 0 radical (unpaired) electrons. The molecular weight excluding hydrogens is 158 g/mol. The highest BCUT2D eigenvalue weighted by molar-refractivity contribution is 5.52. The molecule has 1 heteroatoms. The maximum atomic E-state index is 3.52. The Morgan fingerprint density at radius 3 is 2.85 bits per heavy atom. The Kier molecular flexibility index (Phi) is 2.03. The van der Waals surface area contributed by atoms with Crippen LogP contribution < -0.4 is 5.32 Å². The Balaban J connectivity index is 2.27. The van der Waals surface area contributed by atoms with Gasteiger partial charge in [-0.3, -0.25) is 0 Å². The summed E-state index contributed by atoms with van der Waals surface area (Å²) in [6.45, 7) is 5.74. The van der Waals surface area contributed by atoms with Crippen molar-refractivity contribution >= 4 is 5.69 Å². The predicted octanol–water partition coefficient (Wildman–Crippen LogP) is 3.07. The third-order valence-electron chi connectivity index (χ3n) is 2.85. The Hall–Kier alpha value is -0.980. The van der Waals surface area contributed by atoms with Crippen LogP contribution in [0, 0.1) is 5.41 Å². The number of rotatable bonds is 0. The number of aryl methyl sites for hydroxylation is 1. The number of benzene rings is 1. The van der Waals surface area contributed by atoms with Gasteiger partial charge in [-0.15, -0.1) is 0 Å². The van der Waals surface area contributed by atoms with Crippen LogP contribution in [0.3, 0.4) is 0 Å². The molecule has 0 saturated heterocycles. The van der Waals surface area contributed by atoms with Gasteiger partial charge in [0.25, 0.3) is 0 Å². The van der Waals surface area contributed by atoms with Crippen LogP contribution in [0.5, 0.6) is 0 Å². The lowest BCUT2D eigenvalue weighted by Gasteiger charge is -2.21. The highest BCUT2D eigenvalue weighted by atomic mass is 14.9. The average molecular weight is 175 g/mol. The zero-order chi connectivity index (χ0) is 9.31. The molecule has 0 amide bonds. The number of anilines is 1. The van der Waals surface area contributed by atoms with E-state index in [2.05, 4.69) is 43.4 Å². The number of para-hydroxylation sites is 1. The summed E-state index contributed by atoms with van der Waals surface area (Å²) in [5.41, 5.74) is 3.22. The first-order chi connectivity index (χ1) is 6.17. The molecule has 1 aliphatic rings. The highest BCUT2D eigenvalue weighted by Crippen LogP contribution is 2.30. The molecule has 0 saturated carbocycles. The summed E-state index contributed by atoms with van der Waals surface area (Å²) in [4.78, 5) is 0. The van der Waals surface area contributed by atoms with Crippen molar-refractivity contribution in [3.05, 3.63) is 29.8 Å². The van der Waals surface area contributed by atoms with Crippen molar-refractivity contribution in [1.29, 1.82) is 0 Å². The van der Waals surface area contributed by atoms with Gasteiger partial charge >= 0.3 is 0 Å². The van der Waals surface area contributed by atoms with Gasteiger partial charge in [0, 0.05) is 12.2 Å². The van der Waals surface area contributed by atoms with E-state index < -0.39 is 0 Å². The largest absolute Gasteiger partial charge is 0.384 e. The number of hydrogen-bond donors (Lipinski definition) is 1. The van der Waals surface area contributed by atoms with Crippen LogP contribution in [0.2, 0.25) is 0 Å². The van der Waals surface area contributed by atoms with E-state index in [9.17, 15) is 0 Å². The van der Waals surface area contributed by atoms with Crippen LogP contribution in [-0.4, -0.2) is 6.54 Å². The van der Waals surface area contributed by atoms with E-state index in [0.717, 1.165) is 6.54 Å². The summed E-state index contributed by atoms with van der Waals surface area (Å²) in [6, 6.07) is 8.63. The summed E-state index contributed by atoms with van der Waals surface area (Å²) < 4.78 is 0. The third kappa shape index (κ3) is 1.85. The topological polar surface area (TPSA) is 12.0 Å². The molecule has 0 atom stereocenters. The van der Waals surface area contributed by atoms with Crippen LogP contribution in [0.1, 0.15) is 25.8 Å². The minimum absolute atomic E-state index is 0.430. The number of fused-ring (bicyclic) bond motifs is 1. The molecule has 0 aromatic heterocycles. The second-order valence-electron chi connectivity index (χ2n) is 4.67. The monoisotopic (exact) mass is 175 g/mol. The molecule has 1 aromatic rings. The average Bonchev–Trinajstić information content (AvgIpc) is 2.27. The fraction of sp³-hybridized carbons (Fsp3) is 0.500. The van der Waals surface area contributed by atoms with E-state index in [1.54, 1.807) is 0 Å². The van der Waals surface area contributed by atoms with Crippen molar-refractivity contribution in [1.82, 2.24) is 0 Å². The summed E-state index contributed by atoms with van der Waals surface area (Å²) in [5.74, 6) is 0. The summed E-state index contributed by atoms with van der Waals surface area (Å²) in [6.07, 6.45) is 2.48. The van der Waals surface area contributed by atoms with Gasteiger partial charge in [0.05, 0.1) is 0 Å². The van der Waals surface area contributed by atoms with Crippen molar-refractivity contribution in [2.75, 3.05) is 11.9 Å². The molecule has 1 N–H and O–H groups in total. The first-order valence-electron chi connectivity index (χ1n) is 4.99. The number of nitrogens with one attached hydrogen (secondary N) is 1. The Morgan fingerprint density at radius 2 is 2.00 bits per heavy atom. The van der Waals surface area contributed by atoms with E-state index in [4.69, 9.17) is 0 Å². The molecule has 70 valence electrons. The molecule has 2 rings (SSSR count). The van der Waals surface area contributed by atoms with Crippen LogP contribution in [0.25, 0.3) is 0 Å². The summed E-state index contributed by atoms with van der Waals surface area (Å²) in [7, 11) is 0. The van der Waals surface area contributed by atoms with E-state index in [0.29, 0.717) is 5.41 Å². The van der Waals surface area contributed by atoms with Gasteiger partial charge in [-0.25, -0.2) is 0 Å². The van der Waals surface area contributed by atoms with Crippen molar-refractivity contribution in [2.24, 2.45) is 5.41 Å². The standard InChI is InChI=1S/C12H17N/c1-12(2)8-7-10-5-3-4-6-11(10)13-9-12/h3-6,13H,7-9H2,1-2H3. The van der Waals surface area contributed by atoms with Gasteiger partial charge in [-0.05, 0) is 29.9 Å². The van der Waals surface area contributed by atoms with Crippen molar-refractivity contribution in [3.63, 3.8) is 0 Å². The first kappa shape index (κ1) is 8.61. The molecule has 0 unspecified atom stereocenters. The van der Waals surface area contributed by atoms with E-state index in [1.165, 1.54) is 24.1 Å². The third-order valence-corrected chi connectivity index (χ3v) is 2.85. The van der Waals surface area contributed by atoms with Gasteiger partial charge in [0.15, 0.2) is 0 Å². The molecule has 0 bridgehead atoms. The molecule has 0 aliphatic carbocycles. The molecular formula is C12H17N. The maximum Gasteiger partial charge on any atom is 0.0372 e. The van der Waals surface area contributed by atoms with Gasteiger partial charge in [0.2, 0.25) is 0 Å². The van der Waals surface area contributed by atoms with Crippen molar-refractivity contribution in [2.45, 2.75) is 26.7 Å². The summed E-state index contributed by atoms with van der Waals surface area (Å²) in [5, 5.41) is 3.52. The SMILES string of the molecule is CC1(C)CCc2ccccc2NC1. The smallest absolute Gasteiger partial charge is 0.0372 e. The Morgan fingerprint density at radius 1 is 1.23 bits per heavy atom. The molecule has 0 fully saturated rings. The lowest BCUT2D eigenvalue weighted by Crippen LogP contribution is -2.21. The highest BCUT2D eigenvalue weighted by Gasteiger charge is 2.21. The number of hydrogen-bond acceptors (Lipinski definition) is 1. The first-order valence-corrected chi connectivity index (χ1v) is 4.99. The fourth-order valence-electron chi connectivity index (χ4n) is 1.81. The van der Waals surface area contributed by atoms with Crippen LogP contribution in [0.4, 0.5) is 5.69 Å². The fourth-order valence-corrected chi connectivity index (χ4v) is 1.81. The minimum atomic E-state index is 0.430. The zero-order valence-corrected chi connectivity index (χ0v) is 8.43. The van der Waals surface area contributed by atoms with Gasteiger partial charge in [-0.1, -0.05) is 32.0 Å². The Bertz CT molecular complexity index is 273. The molecule has 1 aliphatic heterocycles. The minimum Gasteiger partial charge on any atom is -0.384 e. The molecule has 1 aromatic carbocycles. The lowest BCUT2D eigenvalue weighted by atomic mass is 9.88. The van der Waals surface area contributed by atoms with E-state index >= 15 is 0 Å². The Labute approximate surface area is 80.2 Å². The van der Waals surface area contributed by atoms with Crippen LogP contribution in [-0.2, 0) is 6.42 Å². The quantitative estimate of drug-likeness (QED) is 0.639. The summed E-state index contributed by atoms with van der Waals surface area (Å²) >= 11 is 0. The van der Waals surface area contributed by atoms with Crippen molar-refractivity contribution in [3.8, 4) is 0 Å². The lowest BCUT2D eigenvalue weighted by molar-refractivity contribution is 0.365. The predicted molar refractivity (Wildman–Crippen MR) is 57.0 cm³/mol. The normalized spacial score (nSPS) is 19.8. The van der Waals surface area contributed by atoms with Crippen molar-refractivity contribution < 1.29 is 0 Å². The molecule has 13 heavy (non-hydrogen) atoms. The molecule has 1 nitrogen and oxygen atoms in total. The molecule has 1 heterocycles. The van der Waals surface area contributed by atoms with Crippen LogP contribution in [0.15, 0.2) is 24.3 Å². The molecule has 0 spiro atoms. The van der Waals surface area contributed by atoms with E-state index in [1.807, 2.05) is 0 Å². The van der Waals surface area contributed by atoms with Gasteiger partial charge in [-0.2, -0.15) is 0 Å². The second kappa shape index (κ2) is 3.06. The maximum absolute atomic E-state index is 3.52.